The van der Waals surface area contributed by atoms with Crippen molar-refractivity contribution in [3.8, 4) is 28.7 Å². The molecule has 0 bridgehead atoms. The molecule has 0 spiro atoms. The first kappa shape index (κ1) is 30.1. The van der Waals surface area contributed by atoms with Gasteiger partial charge in [-0.15, -0.1) is 11.3 Å². The third kappa shape index (κ3) is 6.80. The van der Waals surface area contributed by atoms with Gasteiger partial charge >= 0.3 is 11.9 Å². The van der Waals surface area contributed by atoms with Crippen LogP contribution in [0.1, 0.15) is 60.3 Å². The minimum absolute atomic E-state index is 0.291. The predicted molar refractivity (Wildman–Crippen MR) is 141 cm³/mol. The van der Waals surface area contributed by atoms with Crippen LogP contribution in [0.2, 0.25) is 0 Å². The second kappa shape index (κ2) is 14.6. The zero-order chi connectivity index (χ0) is 27.5. The van der Waals surface area contributed by atoms with Crippen molar-refractivity contribution in [2.45, 2.75) is 51.4 Å². The molecule has 0 radical (unpaired) electrons. The molecule has 2 aromatic rings. The lowest BCUT2D eigenvalue weighted by Gasteiger charge is -2.21. The molecule has 206 valence electrons. The van der Waals surface area contributed by atoms with Gasteiger partial charge in [0.15, 0.2) is 23.0 Å². The summed E-state index contributed by atoms with van der Waals surface area (Å²) >= 11 is 1.48. The average molecular weight is 539 g/mol. The van der Waals surface area contributed by atoms with E-state index in [1.807, 2.05) is 6.92 Å². The number of methoxy groups -OCH3 is 6. The van der Waals surface area contributed by atoms with Crippen molar-refractivity contribution < 1.29 is 42.7 Å². The fraction of sp³-hybridized carbons (Fsp3) is 0.556. The first-order valence-corrected chi connectivity index (χ1v) is 12.9. The molecular formula is C27H38O9S. The van der Waals surface area contributed by atoms with E-state index in [1.54, 1.807) is 19.2 Å². The number of carbonyl (C=O) groups excluding carboxylic acids is 2. The number of ether oxygens (including phenoxy) is 7. The fourth-order valence-electron chi connectivity index (χ4n) is 4.27. The monoisotopic (exact) mass is 538 g/mol. The van der Waals surface area contributed by atoms with Crippen LogP contribution in [0.5, 0.6) is 28.7 Å². The van der Waals surface area contributed by atoms with Crippen LogP contribution >= 0.6 is 11.3 Å². The number of hydrogen-bond acceptors (Lipinski definition) is 10. The Bertz CT molecular complexity index is 1020. The smallest absolute Gasteiger partial charge is 0.314 e. The number of aryl methyl sites for hydroxylation is 1. The molecule has 0 saturated heterocycles. The van der Waals surface area contributed by atoms with E-state index in [9.17, 15) is 9.59 Å². The van der Waals surface area contributed by atoms with Crippen molar-refractivity contribution in [2.24, 2.45) is 0 Å². The lowest BCUT2D eigenvalue weighted by Crippen LogP contribution is -2.19. The van der Waals surface area contributed by atoms with Crippen LogP contribution in [0.15, 0.2) is 12.1 Å². The van der Waals surface area contributed by atoms with Crippen molar-refractivity contribution in [3.63, 3.8) is 0 Å². The van der Waals surface area contributed by atoms with Gasteiger partial charge in [-0.2, -0.15) is 0 Å². The third-order valence-corrected chi connectivity index (χ3v) is 7.33. The summed E-state index contributed by atoms with van der Waals surface area (Å²) in [6.07, 6.45) is 2.30. The molecule has 2 atom stereocenters. The van der Waals surface area contributed by atoms with Crippen molar-refractivity contribution >= 4 is 23.3 Å². The highest BCUT2D eigenvalue weighted by Gasteiger charge is 2.34. The minimum Gasteiger partial charge on any atom is -0.493 e. The minimum atomic E-state index is -0.696. The maximum atomic E-state index is 13.0. The number of rotatable bonds is 15. The summed E-state index contributed by atoms with van der Waals surface area (Å²) in [7, 11) is 8.77. The molecular weight excluding hydrogens is 500 g/mol. The molecule has 0 aliphatic rings. The van der Waals surface area contributed by atoms with E-state index < -0.39 is 23.8 Å². The van der Waals surface area contributed by atoms with E-state index in [-0.39, 0.29) is 0 Å². The summed E-state index contributed by atoms with van der Waals surface area (Å²) in [6.45, 7) is 4.46. The standard InChI is InChI=1S/C27H38O9S/c1-9-11-21-23(36-10-2)24(33-6)25(37-21)18(27(29)35-8)13-12-17(26(28)34-7)16-14-19(30-3)22(32-5)20(15-16)31-4/h14-15,17-18H,9-13H2,1-8H3. The molecule has 0 fully saturated rings. The average Bonchev–Trinajstić information content (AvgIpc) is 3.26. The zero-order valence-electron chi connectivity index (χ0n) is 22.9. The molecule has 2 unspecified atom stereocenters. The summed E-state index contributed by atoms with van der Waals surface area (Å²) in [4.78, 5) is 27.6. The molecule has 9 nitrogen and oxygen atoms in total. The Morgan fingerprint density at radius 1 is 0.757 bits per heavy atom. The van der Waals surface area contributed by atoms with Crippen LogP contribution in [-0.2, 0) is 25.5 Å². The second-order valence-electron chi connectivity index (χ2n) is 8.12. The molecule has 2 rings (SSSR count). The fourth-order valence-corrected chi connectivity index (χ4v) is 5.71. The SMILES string of the molecule is CCCc1sc(C(CCC(C(=O)OC)c2cc(OC)c(OC)c(OC)c2)C(=O)OC)c(OC)c1OCC. The first-order chi connectivity index (χ1) is 17.8. The lowest BCUT2D eigenvalue weighted by atomic mass is 9.89. The summed E-state index contributed by atoms with van der Waals surface area (Å²) in [5.41, 5.74) is 0.616. The summed E-state index contributed by atoms with van der Waals surface area (Å²) in [6, 6.07) is 3.43. The van der Waals surface area contributed by atoms with Crippen LogP contribution < -0.4 is 23.7 Å². The number of benzene rings is 1. The summed E-state index contributed by atoms with van der Waals surface area (Å²) < 4.78 is 38.2. The van der Waals surface area contributed by atoms with Gasteiger partial charge in [-0.25, -0.2) is 0 Å². The van der Waals surface area contributed by atoms with Crippen molar-refractivity contribution in [1.29, 1.82) is 0 Å². The summed E-state index contributed by atoms with van der Waals surface area (Å²) in [5.74, 6) is 0.226. The summed E-state index contributed by atoms with van der Waals surface area (Å²) in [5, 5.41) is 0. The Morgan fingerprint density at radius 3 is 1.76 bits per heavy atom. The van der Waals surface area contributed by atoms with Gasteiger partial charge in [0.1, 0.15) is 0 Å². The van der Waals surface area contributed by atoms with E-state index in [1.165, 1.54) is 46.9 Å². The Kier molecular flexibility index (Phi) is 11.8. The molecule has 0 aliphatic heterocycles. The van der Waals surface area contributed by atoms with Crippen LogP contribution in [0.3, 0.4) is 0 Å². The van der Waals surface area contributed by atoms with Gasteiger partial charge in [0, 0.05) is 0 Å². The molecule has 1 aromatic carbocycles. The number of hydrogen-bond donors (Lipinski definition) is 0. The van der Waals surface area contributed by atoms with Gasteiger partial charge in [0.05, 0.1) is 70.9 Å². The molecule has 1 aromatic heterocycles. The van der Waals surface area contributed by atoms with Gasteiger partial charge in [0.2, 0.25) is 5.75 Å². The van der Waals surface area contributed by atoms with Crippen LogP contribution in [0, 0.1) is 0 Å². The molecule has 0 N–H and O–H groups in total. The maximum Gasteiger partial charge on any atom is 0.314 e. The molecule has 0 saturated carbocycles. The van der Waals surface area contributed by atoms with E-state index in [2.05, 4.69) is 6.92 Å². The first-order valence-electron chi connectivity index (χ1n) is 12.1. The highest BCUT2D eigenvalue weighted by molar-refractivity contribution is 7.13. The van der Waals surface area contributed by atoms with Gasteiger partial charge in [0.25, 0.3) is 0 Å². The molecule has 1 heterocycles. The highest BCUT2D eigenvalue weighted by Crippen LogP contribution is 2.49. The van der Waals surface area contributed by atoms with Crippen LogP contribution in [0.25, 0.3) is 0 Å². The molecule has 0 aliphatic carbocycles. The van der Waals surface area contributed by atoms with Gasteiger partial charge in [-0.1, -0.05) is 13.3 Å². The van der Waals surface area contributed by atoms with Crippen LogP contribution in [0.4, 0.5) is 0 Å². The third-order valence-electron chi connectivity index (χ3n) is 6.01. The lowest BCUT2D eigenvalue weighted by molar-refractivity contribution is -0.145. The Morgan fingerprint density at radius 2 is 1.30 bits per heavy atom. The zero-order valence-corrected chi connectivity index (χ0v) is 23.7. The largest absolute Gasteiger partial charge is 0.493 e. The normalized spacial score (nSPS) is 12.3. The Hall–Kier alpha value is -3.14. The predicted octanol–water partition coefficient (Wildman–Crippen LogP) is 5.13. The van der Waals surface area contributed by atoms with E-state index in [4.69, 9.17) is 33.2 Å². The number of thiophene rings is 1. The topological polar surface area (TPSA) is 98.8 Å². The van der Waals surface area contributed by atoms with E-state index >= 15 is 0 Å². The van der Waals surface area contributed by atoms with Crippen molar-refractivity contribution in [2.75, 3.05) is 49.3 Å². The van der Waals surface area contributed by atoms with Crippen molar-refractivity contribution in [3.05, 3.63) is 27.5 Å². The van der Waals surface area contributed by atoms with E-state index in [0.29, 0.717) is 53.8 Å². The number of carbonyl (C=O) groups is 2. The molecule has 0 amide bonds. The van der Waals surface area contributed by atoms with Gasteiger partial charge in [-0.3, -0.25) is 9.59 Å². The Labute approximate surface area is 222 Å². The molecule has 10 heteroatoms. The quantitative estimate of drug-likeness (QED) is 0.286. The molecule has 37 heavy (non-hydrogen) atoms. The van der Waals surface area contributed by atoms with Crippen LogP contribution in [-0.4, -0.2) is 61.2 Å². The van der Waals surface area contributed by atoms with E-state index in [0.717, 1.165) is 22.6 Å². The van der Waals surface area contributed by atoms with Crippen molar-refractivity contribution in [1.82, 2.24) is 0 Å². The Balaban J connectivity index is 2.53. The second-order valence-corrected chi connectivity index (χ2v) is 9.26. The maximum absolute atomic E-state index is 13.0. The van der Waals surface area contributed by atoms with Gasteiger partial charge in [-0.05, 0) is 43.9 Å². The highest BCUT2D eigenvalue weighted by atomic mass is 32.1. The number of esters is 2. The van der Waals surface area contributed by atoms with Gasteiger partial charge < -0.3 is 33.2 Å².